The zero-order valence-corrected chi connectivity index (χ0v) is 15.2. The first kappa shape index (κ1) is 17.6. The van der Waals surface area contributed by atoms with Crippen molar-refractivity contribution in [2.45, 2.75) is 13.8 Å². The van der Waals surface area contributed by atoms with Crippen molar-refractivity contribution in [3.63, 3.8) is 0 Å². The fraction of sp³-hybridized carbons (Fsp3) is 0.357. The van der Waals surface area contributed by atoms with Crippen LogP contribution in [0.15, 0.2) is 28.7 Å². The van der Waals surface area contributed by atoms with E-state index in [4.69, 9.17) is 0 Å². The summed E-state index contributed by atoms with van der Waals surface area (Å²) >= 11 is 3.38. The minimum atomic E-state index is -3.11. The lowest BCUT2D eigenvalue weighted by molar-refractivity contribution is 0.0950. The third-order valence-corrected chi connectivity index (χ3v) is 5.50. The Morgan fingerprint density at radius 3 is 2.78 bits per heavy atom. The van der Waals surface area contributed by atoms with E-state index in [1.54, 1.807) is 18.5 Å². The summed E-state index contributed by atoms with van der Waals surface area (Å²) in [5.74, 6) is -0.468. The summed E-state index contributed by atoms with van der Waals surface area (Å²) in [6, 6.07) is 7.45. The smallest absolute Gasteiger partial charge is 0.273 e. The Balaban J connectivity index is 2.11. The summed E-state index contributed by atoms with van der Waals surface area (Å²) < 4.78 is 25.3. The van der Waals surface area contributed by atoms with Crippen LogP contribution in [-0.2, 0) is 9.84 Å². The molecule has 124 valence electrons. The first-order valence-electron chi connectivity index (χ1n) is 7.01. The van der Waals surface area contributed by atoms with Crippen molar-refractivity contribution in [3.05, 3.63) is 40.1 Å². The molecule has 1 heterocycles. The number of carbonyl (C=O) groups is 1. The minimum absolute atomic E-state index is 0.0538. The molecule has 1 N–H and O–H groups in total. The van der Waals surface area contributed by atoms with E-state index in [1.807, 2.05) is 24.3 Å². The molecule has 0 aliphatic rings. The summed E-state index contributed by atoms with van der Waals surface area (Å²) in [6.45, 7) is 3.36. The first-order valence-corrected chi connectivity index (χ1v) is 9.62. The van der Waals surface area contributed by atoms with Crippen LogP contribution in [0.3, 0.4) is 0 Å². The molecular weight excluding hydrogens is 384 g/mol. The van der Waals surface area contributed by atoms with Crippen molar-refractivity contribution in [3.8, 4) is 5.69 Å². The highest BCUT2D eigenvalue weighted by Crippen LogP contribution is 2.17. The molecule has 0 radical (unpaired) electrons. The second-order valence-corrected chi connectivity index (χ2v) is 8.30. The maximum absolute atomic E-state index is 12.1. The number of aromatic nitrogens is 3. The molecule has 0 aliphatic carbocycles. The van der Waals surface area contributed by atoms with Crippen LogP contribution in [0.2, 0.25) is 0 Å². The summed E-state index contributed by atoms with van der Waals surface area (Å²) in [6.07, 6.45) is 0. The number of benzene rings is 1. The Morgan fingerprint density at radius 2 is 2.13 bits per heavy atom. The van der Waals surface area contributed by atoms with Gasteiger partial charge in [0.1, 0.15) is 0 Å². The topological polar surface area (TPSA) is 93.9 Å². The molecular formula is C14H17BrN4O3S. The molecule has 2 rings (SSSR count). The van der Waals surface area contributed by atoms with E-state index in [0.29, 0.717) is 5.69 Å². The predicted octanol–water partition coefficient (Wildman–Crippen LogP) is 1.50. The molecule has 9 heteroatoms. The van der Waals surface area contributed by atoms with E-state index < -0.39 is 15.7 Å². The molecule has 0 aliphatic heterocycles. The lowest BCUT2D eigenvalue weighted by Gasteiger charge is -2.05. The van der Waals surface area contributed by atoms with Gasteiger partial charge in [0.2, 0.25) is 0 Å². The van der Waals surface area contributed by atoms with Gasteiger partial charge in [-0.05, 0) is 25.1 Å². The van der Waals surface area contributed by atoms with Crippen LogP contribution in [0.25, 0.3) is 5.69 Å². The van der Waals surface area contributed by atoms with Gasteiger partial charge in [0, 0.05) is 16.8 Å². The molecule has 23 heavy (non-hydrogen) atoms. The van der Waals surface area contributed by atoms with Crippen LogP contribution in [0.5, 0.6) is 0 Å². The molecule has 0 bridgehead atoms. The van der Waals surface area contributed by atoms with E-state index in [1.165, 1.54) is 0 Å². The van der Waals surface area contributed by atoms with Gasteiger partial charge in [0.25, 0.3) is 5.91 Å². The van der Waals surface area contributed by atoms with E-state index in [9.17, 15) is 13.2 Å². The molecule has 1 aromatic carbocycles. The van der Waals surface area contributed by atoms with E-state index in [2.05, 4.69) is 31.6 Å². The molecule has 0 saturated heterocycles. The van der Waals surface area contributed by atoms with Crippen LogP contribution in [0, 0.1) is 6.92 Å². The number of hydrogen-bond donors (Lipinski definition) is 1. The molecule has 1 amide bonds. The summed E-state index contributed by atoms with van der Waals surface area (Å²) in [5.41, 5.74) is 1.54. The standard InChI is InChI=1S/C14H17BrN4O3S/c1-3-23(21,22)8-7-16-14(20)13-10(2)19(18-17-13)12-6-4-5-11(15)9-12/h4-6,9H,3,7-8H2,1-2H3,(H,16,20). The lowest BCUT2D eigenvalue weighted by atomic mass is 10.3. The van der Waals surface area contributed by atoms with Gasteiger partial charge in [-0.1, -0.05) is 34.1 Å². The Hall–Kier alpha value is -1.74. The van der Waals surface area contributed by atoms with Crippen LogP contribution in [0.4, 0.5) is 0 Å². The number of nitrogens with zero attached hydrogens (tertiary/aromatic N) is 3. The summed E-state index contributed by atoms with van der Waals surface area (Å²) in [5, 5.41) is 10.4. The largest absolute Gasteiger partial charge is 0.350 e. The van der Waals surface area contributed by atoms with Crippen LogP contribution in [0.1, 0.15) is 23.1 Å². The van der Waals surface area contributed by atoms with Gasteiger partial charge in [0.15, 0.2) is 15.5 Å². The van der Waals surface area contributed by atoms with Crippen molar-refractivity contribution < 1.29 is 13.2 Å². The molecule has 7 nitrogen and oxygen atoms in total. The third kappa shape index (κ3) is 4.38. The van der Waals surface area contributed by atoms with Gasteiger partial charge < -0.3 is 5.32 Å². The zero-order valence-electron chi connectivity index (χ0n) is 12.8. The Bertz CT molecular complexity index is 817. The number of amides is 1. The molecule has 0 atom stereocenters. The third-order valence-electron chi connectivity index (χ3n) is 3.30. The van der Waals surface area contributed by atoms with Crippen molar-refractivity contribution in [1.82, 2.24) is 20.3 Å². The monoisotopic (exact) mass is 400 g/mol. The number of sulfone groups is 1. The number of rotatable bonds is 6. The number of carbonyl (C=O) groups excluding carboxylic acids is 1. The van der Waals surface area contributed by atoms with Crippen LogP contribution < -0.4 is 5.32 Å². The van der Waals surface area contributed by atoms with Crippen molar-refractivity contribution in [2.75, 3.05) is 18.1 Å². The summed E-state index contributed by atoms with van der Waals surface area (Å²) in [7, 11) is -3.11. The Kier molecular flexibility index (Phi) is 5.53. The minimum Gasteiger partial charge on any atom is -0.350 e. The van der Waals surface area contributed by atoms with Crippen molar-refractivity contribution >= 4 is 31.7 Å². The van der Waals surface area contributed by atoms with E-state index in [0.717, 1.165) is 10.2 Å². The number of nitrogens with one attached hydrogen (secondary N) is 1. The maximum Gasteiger partial charge on any atom is 0.273 e. The van der Waals surface area contributed by atoms with Crippen molar-refractivity contribution in [2.24, 2.45) is 0 Å². The average molecular weight is 401 g/mol. The van der Waals surface area contributed by atoms with Gasteiger partial charge in [-0.25, -0.2) is 13.1 Å². The second kappa shape index (κ2) is 7.22. The SMILES string of the molecule is CCS(=O)(=O)CCNC(=O)c1nnn(-c2cccc(Br)c2)c1C. The highest BCUT2D eigenvalue weighted by atomic mass is 79.9. The zero-order chi connectivity index (χ0) is 17.0. The fourth-order valence-corrected chi connectivity index (χ4v) is 3.03. The van der Waals surface area contributed by atoms with Crippen LogP contribution in [-0.4, -0.2) is 47.4 Å². The molecule has 0 unspecified atom stereocenters. The average Bonchev–Trinajstić information content (AvgIpc) is 2.89. The van der Waals surface area contributed by atoms with Crippen molar-refractivity contribution in [1.29, 1.82) is 0 Å². The van der Waals surface area contributed by atoms with E-state index in [-0.39, 0.29) is 23.7 Å². The molecule has 1 aromatic heterocycles. The molecule has 0 fully saturated rings. The highest BCUT2D eigenvalue weighted by Gasteiger charge is 2.18. The fourth-order valence-electron chi connectivity index (χ4n) is 1.94. The normalized spacial score (nSPS) is 11.4. The highest BCUT2D eigenvalue weighted by molar-refractivity contribution is 9.10. The predicted molar refractivity (Wildman–Crippen MR) is 90.5 cm³/mol. The second-order valence-electron chi connectivity index (χ2n) is 4.91. The van der Waals surface area contributed by atoms with Crippen LogP contribution >= 0.6 is 15.9 Å². The molecule has 2 aromatic rings. The Labute approximate surface area is 143 Å². The van der Waals surface area contributed by atoms with E-state index >= 15 is 0 Å². The lowest BCUT2D eigenvalue weighted by Crippen LogP contribution is -2.30. The molecule has 0 spiro atoms. The van der Waals surface area contributed by atoms with Gasteiger partial charge in [-0.3, -0.25) is 4.79 Å². The number of halogens is 1. The Morgan fingerprint density at radius 1 is 1.39 bits per heavy atom. The van der Waals surface area contributed by atoms with Gasteiger partial charge in [0.05, 0.1) is 17.1 Å². The van der Waals surface area contributed by atoms with Gasteiger partial charge >= 0.3 is 0 Å². The summed E-state index contributed by atoms with van der Waals surface area (Å²) in [4.78, 5) is 12.1. The van der Waals surface area contributed by atoms with Gasteiger partial charge in [-0.2, -0.15) is 0 Å². The maximum atomic E-state index is 12.1. The van der Waals surface area contributed by atoms with Gasteiger partial charge in [-0.15, -0.1) is 5.10 Å². The molecule has 0 saturated carbocycles. The first-order chi connectivity index (χ1) is 10.8. The number of hydrogen-bond acceptors (Lipinski definition) is 5. The quantitative estimate of drug-likeness (QED) is 0.792.